The van der Waals surface area contributed by atoms with Gasteiger partial charge in [-0.2, -0.15) is 0 Å². The van der Waals surface area contributed by atoms with Crippen LogP contribution in [-0.2, 0) is 4.79 Å². The number of carbonyl (C=O) groups is 1. The van der Waals surface area contributed by atoms with E-state index in [2.05, 4.69) is 24.5 Å². The van der Waals surface area contributed by atoms with Gasteiger partial charge in [0.15, 0.2) is 0 Å². The summed E-state index contributed by atoms with van der Waals surface area (Å²) in [5.74, 6) is 0.834. The Kier molecular flexibility index (Phi) is 21.7. The monoisotopic (exact) mass is 488 g/mol. The Hall–Kier alpha value is -1.55. The van der Waals surface area contributed by atoms with Gasteiger partial charge in [0, 0.05) is 11.8 Å². The summed E-state index contributed by atoms with van der Waals surface area (Å²) in [6, 6.07) is 7.72. The molecule has 1 aromatic rings. The van der Waals surface area contributed by atoms with Crippen molar-refractivity contribution >= 4 is 11.6 Å². The van der Waals surface area contributed by atoms with Crippen molar-refractivity contribution in [2.75, 3.05) is 25.0 Å². The van der Waals surface area contributed by atoms with Crippen LogP contribution in [0.2, 0.25) is 0 Å². The van der Waals surface area contributed by atoms with Gasteiger partial charge in [0.25, 0.3) is 0 Å². The number of ether oxygens (including phenoxy) is 1. The molecule has 0 saturated carbocycles. The van der Waals surface area contributed by atoms with E-state index in [0.717, 1.165) is 37.4 Å². The average Bonchev–Trinajstić information content (AvgIpc) is 2.86. The summed E-state index contributed by atoms with van der Waals surface area (Å²) in [7, 11) is 0. The van der Waals surface area contributed by atoms with Gasteiger partial charge in [0.05, 0.1) is 13.2 Å². The summed E-state index contributed by atoms with van der Waals surface area (Å²) in [6.45, 7) is 6.52. The number of unbranched alkanes of at least 4 members (excludes halogenated alkanes) is 17. The topological polar surface area (TPSA) is 50.4 Å². The van der Waals surface area contributed by atoms with Gasteiger partial charge in [0.1, 0.15) is 5.75 Å². The molecule has 0 unspecified atom stereocenters. The highest BCUT2D eigenvalue weighted by Gasteiger charge is 2.03. The number of rotatable bonds is 25. The molecule has 4 nitrogen and oxygen atoms in total. The summed E-state index contributed by atoms with van der Waals surface area (Å²) >= 11 is 0. The molecule has 0 bridgehead atoms. The van der Waals surface area contributed by atoms with Crippen LogP contribution in [0, 0.1) is 0 Å². The zero-order valence-corrected chi connectivity index (χ0v) is 23.2. The lowest BCUT2D eigenvalue weighted by Gasteiger charge is -2.10. The molecule has 0 spiro atoms. The van der Waals surface area contributed by atoms with Crippen molar-refractivity contribution in [3.05, 3.63) is 24.3 Å². The van der Waals surface area contributed by atoms with Crippen molar-refractivity contribution in [2.45, 2.75) is 136 Å². The molecule has 0 aliphatic heterocycles. The van der Waals surface area contributed by atoms with E-state index in [1.807, 2.05) is 24.3 Å². The van der Waals surface area contributed by atoms with Crippen molar-refractivity contribution in [1.82, 2.24) is 5.32 Å². The molecule has 0 saturated heterocycles. The Morgan fingerprint density at radius 1 is 0.686 bits per heavy atom. The molecule has 0 fully saturated rings. The first-order valence-corrected chi connectivity index (χ1v) is 15.0. The Labute approximate surface area is 217 Å². The smallest absolute Gasteiger partial charge is 0.238 e. The first-order chi connectivity index (χ1) is 17.3. The molecule has 0 radical (unpaired) electrons. The van der Waals surface area contributed by atoms with Crippen LogP contribution >= 0.6 is 0 Å². The predicted octanol–water partition coefficient (Wildman–Crippen LogP) is 9.05. The van der Waals surface area contributed by atoms with Crippen LogP contribution in [0.3, 0.4) is 0 Å². The fraction of sp³-hybridized carbons (Fsp3) is 0.774. The number of nitrogens with one attached hydrogen (secondary N) is 2. The minimum absolute atomic E-state index is 0.00655. The minimum Gasteiger partial charge on any atom is -0.494 e. The van der Waals surface area contributed by atoms with E-state index in [4.69, 9.17) is 4.74 Å². The number of carbonyl (C=O) groups excluding carboxylic acids is 1. The van der Waals surface area contributed by atoms with Crippen LogP contribution in [0.4, 0.5) is 5.69 Å². The third kappa shape index (κ3) is 20.4. The fourth-order valence-electron chi connectivity index (χ4n) is 4.41. The lowest BCUT2D eigenvalue weighted by Crippen LogP contribution is -2.28. The first-order valence-electron chi connectivity index (χ1n) is 15.0. The molecule has 0 aromatic heterocycles. The number of hydrogen-bond acceptors (Lipinski definition) is 3. The Bertz CT molecular complexity index is 605. The molecule has 0 aliphatic carbocycles. The van der Waals surface area contributed by atoms with Gasteiger partial charge in [-0.3, -0.25) is 4.79 Å². The first kappa shape index (κ1) is 31.5. The maximum atomic E-state index is 12.2. The Balaban J connectivity index is 1.93. The number of hydrogen-bond donors (Lipinski definition) is 2. The molecule has 0 aliphatic rings. The molecule has 0 atom stereocenters. The van der Waals surface area contributed by atoms with E-state index >= 15 is 0 Å². The molecule has 2 N–H and O–H groups in total. The molecule has 35 heavy (non-hydrogen) atoms. The fourth-order valence-corrected chi connectivity index (χ4v) is 4.41. The SMILES string of the molecule is CCCCCCCCCCCCCCCCNCC(=O)Nc1cccc(OCCCCCCC)c1. The average molecular weight is 489 g/mol. The highest BCUT2D eigenvalue weighted by molar-refractivity contribution is 5.92. The predicted molar refractivity (Wildman–Crippen MR) is 153 cm³/mol. The van der Waals surface area contributed by atoms with Crippen molar-refractivity contribution in [2.24, 2.45) is 0 Å². The summed E-state index contributed by atoms with van der Waals surface area (Å²) in [4.78, 5) is 12.2. The summed E-state index contributed by atoms with van der Waals surface area (Å²) < 4.78 is 5.84. The van der Waals surface area contributed by atoms with Crippen molar-refractivity contribution < 1.29 is 9.53 Å². The van der Waals surface area contributed by atoms with Crippen LogP contribution < -0.4 is 15.4 Å². The third-order valence-electron chi connectivity index (χ3n) is 6.63. The van der Waals surface area contributed by atoms with Gasteiger partial charge in [0.2, 0.25) is 5.91 Å². The summed E-state index contributed by atoms with van der Waals surface area (Å²) in [5, 5.41) is 6.25. The van der Waals surface area contributed by atoms with Crippen molar-refractivity contribution in [1.29, 1.82) is 0 Å². The highest BCUT2D eigenvalue weighted by Crippen LogP contribution is 2.18. The van der Waals surface area contributed by atoms with Crippen LogP contribution in [0.5, 0.6) is 5.75 Å². The Morgan fingerprint density at radius 2 is 1.20 bits per heavy atom. The van der Waals surface area contributed by atoms with Crippen LogP contribution in [-0.4, -0.2) is 25.6 Å². The van der Waals surface area contributed by atoms with Gasteiger partial charge in [-0.15, -0.1) is 0 Å². The normalized spacial score (nSPS) is 11.0. The van der Waals surface area contributed by atoms with Gasteiger partial charge in [-0.1, -0.05) is 129 Å². The second-order valence-electron chi connectivity index (χ2n) is 10.1. The van der Waals surface area contributed by atoms with E-state index in [1.165, 1.54) is 109 Å². The zero-order chi connectivity index (χ0) is 25.2. The molecule has 0 heterocycles. The van der Waals surface area contributed by atoms with Crippen molar-refractivity contribution in [3.63, 3.8) is 0 Å². The van der Waals surface area contributed by atoms with Crippen LogP contribution in [0.1, 0.15) is 136 Å². The van der Waals surface area contributed by atoms with Gasteiger partial charge >= 0.3 is 0 Å². The van der Waals surface area contributed by atoms with E-state index in [9.17, 15) is 4.79 Å². The van der Waals surface area contributed by atoms with Gasteiger partial charge in [-0.25, -0.2) is 0 Å². The van der Waals surface area contributed by atoms with E-state index in [0.29, 0.717) is 6.54 Å². The second kappa shape index (κ2) is 24.2. The largest absolute Gasteiger partial charge is 0.494 e. The van der Waals surface area contributed by atoms with Gasteiger partial charge in [-0.05, 0) is 31.5 Å². The molecule has 1 aromatic carbocycles. The quantitative estimate of drug-likeness (QED) is 0.135. The summed E-state index contributed by atoms with van der Waals surface area (Å²) in [5.41, 5.74) is 0.803. The molecule has 1 amide bonds. The number of amides is 1. The maximum absolute atomic E-state index is 12.2. The minimum atomic E-state index is 0.00655. The number of anilines is 1. The summed E-state index contributed by atoms with van der Waals surface area (Å²) in [6.07, 6.45) is 25.3. The number of benzene rings is 1. The highest BCUT2D eigenvalue weighted by atomic mass is 16.5. The van der Waals surface area contributed by atoms with E-state index in [1.54, 1.807) is 0 Å². The lowest BCUT2D eigenvalue weighted by molar-refractivity contribution is -0.115. The molecular weight excluding hydrogens is 432 g/mol. The molecular formula is C31H56N2O2. The zero-order valence-electron chi connectivity index (χ0n) is 23.2. The molecule has 4 heteroatoms. The van der Waals surface area contributed by atoms with Crippen molar-refractivity contribution in [3.8, 4) is 5.75 Å². The Morgan fingerprint density at radius 3 is 1.77 bits per heavy atom. The standard InChI is InChI=1S/C31H56N2O2/c1-3-5-7-9-10-11-12-13-14-15-16-17-18-20-25-32-28-31(34)33-29-23-22-24-30(27-29)35-26-21-19-8-6-4-2/h22-24,27,32H,3-21,25-26,28H2,1-2H3,(H,33,34). The van der Waals surface area contributed by atoms with E-state index in [-0.39, 0.29) is 5.91 Å². The van der Waals surface area contributed by atoms with Gasteiger partial charge < -0.3 is 15.4 Å². The molecule has 1 rings (SSSR count). The van der Waals surface area contributed by atoms with Crippen LogP contribution in [0.25, 0.3) is 0 Å². The third-order valence-corrected chi connectivity index (χ3v) is 6.63. The second-order valence-corrected chi connectivity index (χ2v) is 10.1. The van der Waals surface area contributed by atoms with Crippen LogP contribution in [0.15, 0.2) is 24.3 Å². The molecule has 202 valence electrons. The maximum Gasteiger partial charge on any atom is 0.238 e. The van der Waals surface area contributed by atoms with E-state index < -0.39 is 0 Å². The lowest BCUT2D eigenvalue weighted by atomic mass is 10.0.